The average molecular weight is 364 g/mol. The van der Waals surface area contributed by atoms with Crippen LogP contribution in [0.25, 0.3) is 10.8 Å². The fraction of sp³-hybridized carbons (Fsp3) is 0. The lowest BCUT2D eigenvalue weighted by Crippen LogP contribution is -2.06. The summed E-state index contributed by atoms with van der Waals surface area (Å²) in [5, 5.41) is 1.78. The second-order valence-electron chi connectivity index (χ2n) is 4.57. The standard InChI is InChI=1S/C17H9BrClFO/c18-13-9-8-12(10-4-1-2-5-11(10)13)17(21)16-14(19)6-3-7-15(16)20/h1-9H. The highest BCUT2D eigenvalue weighted by Gasteiger charge is 2.19. The summed E-state index contributed by atoms with van der Waals surface area (Å²) >= 11 is 9.44. The van der Waals surface area contributed by atoms with Gasteiger partial charge in [-0.15, -0.1) is 0 Å². The third kappa shape index (κ3) is 2.47. The molecule has 0 spiro atoms. The van der Waals surface area contributed by atoms with E-state index in [2.05, 4.69) is 15.9 Å². The van der Waals surface area contributed by atoms with Gasteiger partial charge in [0.25, 0.3) is 0 Å². The van der Waals surface area contributed by atoms with E-state index in [0.717, 1.165) is 15.2 Å². The number of carbonyl (C=O) groups excluding carboxylic acids is 1. The highest BCUT2D eigenvalue weighted by Crippen LogP contribution is 2.30. The zero-order chi connectivity index (χ0) is 15.0. The monoisotopic (exact) mass is 362 g/mol. The Balaban J connectivity index is 2.26. The molecule has 0 fully saturated rings. The number of benzene rings is 3. The van der Waals surface area contributed by atoms with E-state index >= 15 is 0 Å². The second-order valence-corrected chi connectivity index (χ2v) is 5.83. The summed E-state index contributed by atoms with van der Waals surface area (Å²) < 4.78 is 14.8. The number of hydrogen-bond acceptors (Lipinski definition) is 1. The van der Waals surface area contributed by atoms with Crippen molar-refractivity contribution in [1.29, 1.82) is 0 Å². The lowest BCUT2D eigenvalue weighted by molar-refractivity contribution is 0.103. The number of fused-ring (bicyclic) bond motifs is 1. The summed E-state index contributed by atoms with van der Waals surface area (Å²) in [5.41, 5.74) is 0.340. The van der Waals surface area contributed by atoms with E-state index in [9.17, 15) is 9.18 Å². The fourth-order valence-electron chi connectivity index (χ4n) is 2.31. The average Bonchev–Trinajstić information content (AvgIpc) is 2.47. The van der Waals surface area contributed by atoms with Gasteiger partial charge >= 0.3 is 0 Å². The Morgan fingerprint density at radius 1 is 0.952 bits per heavy atom. The van der Waals surface area contributed by atoms with E-state index < -0.39 is 11.6 Å². The molecular weight excluding hydrogens is 355 g/mol. The first-order chi connectivity index (χ1) is 10.1. The molecule has 0 aliphatic carbocycles. The number of ketones is 1. The van der Waals surface area contributed by atoms with Crippen molar-refractivity contribution in [1.82, 2.24) is 0 Å². The summed E-state index contributed by atoms with van der Waals surface area (Å²) in [4.78, 5) is 12.7. The van der Waals surface area contributed by atoms with Crippen LogP contribution in [0, 0.1) is 5.82 Å². The molecule has 0 bridgehead atoms. The Kier molecular flexibility index (Phi) is 3.79. The van der Waals surface area contributed by atoms with Gasteiger partial charge in [0.05, 0.1) is 10.6 Å². The zero-order valence-corrected chi connectivity index (χ0v) is 13.1. The van der Waals surface area contributed by atoms with Gasteiger partial charge in [0, 0.05) is 10.0 Å². The first-order valence-electron chi connectivity index (χ1n) is 6.25. The Bertz CT molecular complexity index is 840. The van der Waals surface area contributed by atoms with Crippen LogP contribution in [0.4, 0.5) is 4.39 Å². The molecule has 104 valence electrons. The van der Waals surface area contributed by atoms with Crippen LogP contribution in [-0.4, -0.2) is 5.78 Å². The summed E-state index contributed by atoms with van der Waals surface area (Å²) in [7, 11) is 0. The Morgan fingerprint density at radius 2 is 1.67 bits per heavy atom. The normalized spacial score (nSPS) is 10.8. The highest BCUT2D eigenvalue weighted by atomic mass is 79.9. The van der Waals surface area contributed by atoms with Gasteiger partial charge in [0.15, 0.2) is 5.78 Å². The minimum Gasteiger partial charge on any atom is -0.288 e. The van der Waals surface area contributed by atoms with Gasteiger partial charge in [0.1, 0.15) is 5.82 Å². The van der Waals surface area contributed by atoms with Gasteiger partial charge in [-0.3, -0.25) is 4.79 Å². The summed E-state index contributed by atoms with van der Waals surface area (Å²) in [5.74, 6) is -1.03. The maximum absolute atomic E-state index is 14.0. The molecule has 0 N–H and O–H groups in total. The smallest absolute Gasteiger partial charge is 0.198 e. The molecule has 0 amide bonds. The van der Waals surface area contributed by atoms with E-state index in [1.165, 1.54) is 18.2 Å². The quantitative estimate of drug-likeness (QED) is 0.540. The molecule has 3 aromatic carbocycles. The fourth-order valence-corrected chi connectivity index (χ4v) is 3.04. The molecule has 3 aromatic rings. The topological polar surface area (TPSA) is 17.1 Å². The van der Waals surface area contributed by atoms with Gasteiger partial charge in [-0.2, -0.15) is 0 Å². The molecular formula is C17H9BrClFO. The largest absolute Gasteiger partial charge is 0.288 e. The van der Waals surface area contributed by atoms with Crippen LogP contribution in [0.5, 0.6) is 0 Å². The van der Waals surface area contributed by atoms with Crippen molar-refractivity contribution in [3.63, 3.8) is 0 Å². The predicted octanol–water partition coefficient (Wildman–Crippen LogP) is 5.63. The Labute approximate surface area is 134 Å². The van der Waals surface area contributed by atoms with Crippen molar-refractivity contribution in [2.75, 3.05) is 0 Å². The minimum absolute atomic E-state index is 0.0911. The molecule has 0 radical (unpaired) electrons. The first kappa shape index (κ1) is 14.2. The Morgan fingerprint density at radius 3 is 2.38 bits per heavy atom. The number of halogens is 3. The molecule has 0 aliphatic rings. The molecule has 21 heavy (non-hydrogen) atoms. The SMILES string of the molecule is O=C(c1c(F)cccc1Cl)c1ccc(Br)c2ccccc12. The molecule has 3 rings (SSSR count). The lowest BCUT2D eigenvalue weighted by atomic mass is 9.97. The van der Waals surface area contributed by atoms with Gasteiger partial charge in [-0.1, -0.05) is 57.9 Å². The maximum atomic E-state index is 14.0. The van der Waals surface area contributed by atoms with Gasteiger partial charge in [-0.05, 0) is 35.0 Å². The van der Waals surface area contributed by atoms with Crippen molar-refractivity contribution in [3.8, 4) is 0 Å². The van der Waals surface area contributed by atoms with Gasteiger partial charge < -0.3 is 0 Å². The van der Waals surface area contributed by atoms with E-state index in [1.807, 2.05) is 24.3 Å². The van der Waals surface area contributed by atoms with Crippen molar-refractivity contribution in [2.24, 2.45) is 0 Å². The third-order valence-electron chi connectivity index (χ3n) is 3.31. The maximum Gasteiger partial charge on any atom is 0.198 e. The number of rotatable bonds is 2. The zero-order valence-electron chi connectivity index (χ0n) is 10.7. The van der Waals surface area contributed by atoms with E-state index in [0.29, 0.717) is 5.56 Å². The second kappa shape index (κ2) is 5.58. The van der Waals surface area contributed by atoms with Gasteiger partial charge in [0.2, 0.25) is 0 Å². The van der Waals surface area contributed by atoms with E-state index in [1.54, 1.807) is 12.1 Å². The number of hydrogen-bond donors (Lipinski definition) is 0. The molecule has 0 saturated heterocycles. The summed E-state index contributed by atoms with van der Waals surface area (Å²) in [6, 6.07) is 15.2. The van der Waals surface area contributed by atoms with Crippen LogP contribution >= 0.6 is 27.5 Å². The molecule has 1 nitrogen and oxygen atoms in total. The Hall–Kier alpha value is -1.71. The van der Waals surface area contributed by atoms with Crippen LogP contribution in [0.2, 0.25) is 5.02 Å². The highest BCUT2D eigenvalue weighted by molar-refractivity contribution is 9.10. The molecule has 0 aliphatic heterocycles. The third-order valence-corrected chi connectivity index (χ3v) is 4.31. The van der Waals surface area contributed by atoms with E-state index in [-0.39, 0.29) is 10.6 Å². The lowest BCUT2D eigenvalue weighted by Gasteiger charge is -2.09. The number of carbonyl (C=O) groups is 1. The van der Waals surface area contributed by atoms with Crippen LogP contribution in [-0.2, 0) is 0 Å². The molecule has 0 atom stereocenters. The first-order valence-corrected chi connectivity index (χ1v) is 7.42. The predicted molar refractivity (Wildman–Crippen MR) is 86.5 cm³/mol. The van der Waals surface area contributed by atoms with Crippen LogP contribution < -0.4 is 0 Å². The van der Waals surface area contributed by atoms with Crippen molar-refractivity contribution >= 4 is 44.1 Å². The molecule has 0 aromatic heterocycles. The van der Waals surface area contributed by atoms with Crippen LogP contribution in [0.1, 0.15) is 15.9 Å². The summed E-state index contributed by atoms with van der Waals surface area (Å²) in [6.45, 7) is 0. The van der Waals surface area contributed by atoms with Gasteiger partial charge in [-0.25, -0.2) is 4.39 Å². The van der Waals surface area contributed by atoms with Crippen molar-refractivity contribution in [3.05, 3.63) is 81.0 Å². The molecule has 0 unspecified atom stereocenters. The minimum atomic E-state index is -0.612. The van der Waals surface area contributed by atoms with Crippen molar-refractivity contribution in [2.45, 2.75) is 0 Å². The van der Waals surface area contributed by atoms with Crippen LogP contribution in [0.3, 0.4) is 0 Å². The van der Waals surface area contributed by atoms with Crippen LogP contribution in [0.15, 0.2) is 59.1 Å². The summed E-state index contributed by atoms with van der Waals surface area (Å²) in [6.07, 6.45) is 0. The van der Waals surface area contributed by atoms with Crippen molar-refractivity contribution < 1.29 is 9.18 Å². The molecule has 0 saturated carbocycles. The molecule has 4 heteroatoms. The molecule has 0 heterocycles. The van der Waals surface area contributed by atoms with E-state index in [4.69, 9.17) is 11.6 Å².